The predicted octanol–water partition coefficient (Wildman–Crippen LogP) is 5.49. The predicted molar refractivity (Wildman–Crippen MR) is 74.4 cm³/mol. The highest BCUT2D eigenvalue weighted by molar-refractivity contribution is 9.10. The first-order chi connectivity index (χ1) is 9.40. The summed E-state index contributed by atoms with van der Waals surface area (Å²) in [5.41, 5.74) is -1.27. The van der Waals surface area contributed by atoms with Gasteiger partial charge < -0.3 is 0 Å². The number of nitriles is 1. The number of halogens is 4. The largest absolute Gasteiger partial charge is 0.417 e. The Labute approximate surface area is 126 Å². The van der Waals surface area contributed by atoms with Crippen molar-refractivity contribution in [1.29, 1.82) is 5.26 Å². The second-order valence-corrected chi connectivity index (χ2v) is 5.94. The third-order valence-electron chi connectivity index (χ3n) is 2.45. The third kappa shape index (κ3) is 3.56. The highest BCUT2D eigenvalue weighted by Crippen LogP contribution is 2.36. The molecule has 0 atom stereocenters. The van der Waals surface area contributed by atoms with Crippen LogP contribution in [0.15, 0.2) is 56.7 Å². The Morgan fingerprint density at radius 2 is 1.75 bits per heavy atom. The maximum atomic E-state index is 12.9. The van der Waals surface area contributed by atoms with Gasteiger partial charge in [0, 0.05) is 14.3 Å². The number of nitrogens with zero attached hydrogens (tertiary/aromatic N) is 1. The minimum Gasteiger partial charge on any atom is -0.192 e. The van der Waals surface area contributed by atoms with Gasteiger partial charge >= 0.3 is 6.18 Å². The molecule has 0 radical (unpaired) electrons. The molecule has 0 N–H and O–H groups in total. The number of hydrogen-bond donors (Lipinski definition) is 0. The fraction of sp³-hybridized carbons (Fsp3) is 0.0714. The fourth-order valence-corrected chi connectivity index (χ4v) is 3.05. The smallest absolute Gasteiger partial charge is 0.192 e. The van der Waals surface area contributed by atoms with E-state index in [-0.39, 0.29) is 5.56 Å². The van der Waals surface area contributed by atoms with Crippen LogP contribution in [0.3, 0.4) is 0 Å². The molecule has 1 nitrogen and oxygen atoms in total. The molecule has 2 rings (SSSR count). The molecule has 0 saturated carbocycles. The van der Waals surface area contributed by atoms with Crippen LogP contribution in [0.1, 0.15) is 11.1 Å². The SMILES string of the molecule is N#Cc1ccc(Sc2cccc(Br)c2)cc1C(F)(F)F. The topological polar surface area (TPSA) is 23.8 Å². The Kier molecular flexibility index (Phi) is 4.41. The lowest BCUT2D eigenvalue weighted by Gasteiger charge is -2.10. The fourth-order valence-electron chi connectivity index (χ4n) is 1.59. The molecule has 102 valence electrons. The monoisotopic (exact) mass is 357 g/mol. The van der Waals surface area contributed by atoms with Crippen molar-refractivity contribution in [3.8, 4) is 6.07 Å². The Hall–Kier alpha value is -1.45. The molecule has 0 fully saturated rings. The van der Waals surface area contributed by atoms with E-state index in [1.165, 1.54) is 23.9 Å². The molecule has 0 bridgehead atoms. The van der Waals surface area contributed by atoms with E-state index in [1.807, 2.05) is 12.1 Å². The molecular weight excluding hydrogens is 351 g/mol. The zero-order chi connectivity index (χ0) is 14.8. The number of rotatable bonds is 2. The van der Waals surface area contributed by atoms with Crippen molar-refractivity contribution in [3.63, 3.8) is 0 Å². The van der Waals surface area contributed by atoms with Crippen molar-refractivity contribution in [2.45, 2.75) is 16.0 Å². The summed E-state index contributed by atoms with van der Waals surface area (Å²) < 4.78 is 39.4. The highest BCUT2D eigenvalue weighted by atomic mass is 79.9. The summed E-state index contributed by atoms with van der Waals surface area (Å²) in [5, 5.41) is 8.74. The molecule has 6 heteroatoms. The zero-order valence-electron chi connectivity index (χ0n) is 9.91. The molecule has 0 heterocycles. The van der Waals surface area contributed by atoms with Crippen molar-refractivity contribution in [2.24, 2.45) is 0 Å². The summed E-state index contributed by atoms with van der Waals surface area (Å²) in [7, 11) is 0. The second-order valence-electron chi connectivity index (χ2n) is 3.88. The molecule has 0 amide bonds. The maximum Gasteiger partial charge on any atom is 0.417 e. The van der Waals surface area contributed by atoms with Crippen molar-refractivity contribution >= 4 is 27.7 Å². The minimum absolute atomic E-state index is 0.365. The van der Waals surface area contributed by atoms with Crippen LogP contribution in [0.5, 0.6) is 0 Å². The van der Waals surface area contributed by atoms with Gasteiger partial charge in [0.05, 0.1) is 17.2 Å². The molecule has 2 aromatic rings. The normalized spacial score (nSPS) is 11.2. The van der Waals surface area contributed by atoms with Gasteiger partial charge in [-0.3, -0.25) is 0 Å². The van der Waals surface area contributed by atoms with E-state index >= 15 is 0 Å². The van der Waals surface area contributed by atoms with E-state index < -0.39 is 11.7 Å². The molecular formula is C14H7BrF3NS. The molecule has 0 unspecified atom stereocenters. The van der Waals surface area contributed by atoms with Crippen molar-refractivity contribution in [1.82, 2.24) is 0 Å². The van der Waals surface area contributed by atoms with E-state index in [2.05, 4.69) is 15.9 Å². The molecule has 2 aromatic carbocycles. The maximum absolute atomic E-state index is 12.9. The molecule has 0 spiro atoms. The first-order valence-electron chi connectivity index (χ1n) is 5.45. The van der Waals surface area contributed by atoms with E-state index in [4.69, 9.17) is 5.26 Å². The van der Waals surface area contributed by atoms with Crippen molar-refractivity contribution in [2.75, 3.05) is 0 Å². The van der Waals surface area contributed by atoms with Gasteiger partial charge in [-0.25, -0.2) is 0 Å². The highest BCUT2D eigenvalue weighted by Gasteiger charge is 2.33. The number of alkyl halides is 3. The average molecular weight is 358 g/mol. The van der Waals surface area contributed by atoms with Crippen LogP contribution in [0.2, 0.25) is 0 Å². The number of hydrogen-bond acceptors (Lipinski definition) is 2. The van der Waals surface area contributed by atoms with Crippen LogP contribution in [-0.4, -0.2) is 0 Å². The third-order valence-corrected chi connectivity index (χ3v) is 3.92. The summed E-state index contributed by atoms with van der Waals surface area (Å²) in [6.45, 7) is 0. The molecule has 0 saturated heterocycles. The van der Waals surface area contributed by atoms with Gasteiger partial charge in [-0.15, -0.1) is 0 Å². The van der Waals surface area contributed by atoms with Gasteiger partial charge in [-0.1, -0.05) is 33.8 Å². The minimum atomic E-state index is -4.53. The van der Waals surface area contributed by atoms with Crippen LogP contribution < -0.4 is 0 Å². The van der Waals surface area contributed by atoms with Crippen LogP contribution in [-0.2, 0) is 6.18 Å². The van der Waals surface area contributed by atoms with Gasteiger partial charge in [0.1, 0.15) is 0 Å². The Bertz CT molecular complexity index is 677. The van der Waals surface area contributed by atoms with E-state index in [9.17, 15) is 13.2 Å². The van der Waals surface area contributed by atoms with Crippen LogP contribution >= 0.6 is 27.7 Å². The first-order valence-corrected chi connectivity index (χ1v) is 7.06. The molecule has 0 aliphatic heterocycles. The van der Waals surface area contributed by atoms with Gasteiger partial charge in [0.25, 0.3) is 0 Å². The average Bonchev–Trinajstić information content (AvgIpc) is 2.37. The van der Waals surface area contributed by atoms with E-state index in [0.29, 0.717) is 4.90 Å². The Balaban J connectivity index is 2.37. The van der Waals surface area contributed by atoms with Crippen molar-refractivity contribution < 1.29 is 13.2 Å². The Morgan fingerprint density at radius 1 is 1.05 bits per heavy atom. The van der Waals surface area contributed by atoms with Crippen LogP contribution in [0.4, 0.5) is 13.2 Å². The van der Waals surface area contributed by atoms with Crippen molar-refractivity contribution in [3.05, 3.63) is 58.1 Å². The van der Waals surface area contributed by atoms with Crippen LogP contribution in [0.25, 0.3) is 0 Å². The summed E-state index contributed by atoms with van der Waals surface area (Å²) >= 11 is 4.52. The summed E-state index contributed by atoms with van der Waals surface area (Å²) in [4.78, 5) is 1.26. The van der Waals surface area contributed by atoms with Gasteiger partial charge in [0.2, 0.25) is 0 Å². The zero-order valence-corrected chi connectivity index (χ0v) is 12.3. The summed E-state index contributed by atoms with van der Waals surface area (Å²) in [6.07, 6.45) is -4.53. The number of benzene rings is 2. The molecule has 20 heavy (non-hydrogen) atoms. The summed E-state index contributed by atoms with van der Waals surface area (Å²) in [5.74, 6) is 0. The van der Waals surface area contributed by atoms with Gasteiger partial charge in [0.15, 0.2) is 0 Å². The lowest BCUT2D eigenvalue weighted by Crippen LogP contribution is -2.07. The van der Waals surface area contributed by atoms with Gasteiger partial charge in [-0.2, -0.15) is 18.4 Å². The molecule has 0 aromatic heterocycles. The van der Waals surface area contributed by atoms with Gasteiger partial charge in [-0.05, 0) is 36.4 Å². The lowest BCUT2D eigenvalue weighted by atomic mass is 10.1. The standard InChI is InChI=1S/C14H7BrF3NS/c15-10-2-1-3-11(6-10)20-12-5-4-9(8-19)13(7-12)14(16,17)18/h1-7H. The molecule has 0 aliphatic rings. The van der Waals surface area contributed by atoms with E-state index in [0.717, 1.165) is 15.4 Å². The molecule has 0 aliphatic carbocycles. The second kappa shape index (κ2) is 5.90. The van der Waals surface area contributed by atoms with E-state index in [1.54, 1.807) is 18.2 Å². The quantitative estimate of drug-likeness (QED) is 0.709. The first kappa shape index (κ1) is 14.9. The lowest BCUT2D eigenvalue weighted by molar-refractivity contribution is -0.137. The summed E-state index contributed by atoms with van der Waals surface area (Å²) in [6, 6.07) is 12.5. The Morgan fingerprint density at radius 3 is 2.35 bits per heavy atom. The van der Waals surface area contributed by atoms with Crippen LogP contribution in [0, 0.1) is 11.3 Å².